The number of rotatable bonds is 7. The number of hydrogen-bond donors (Lipinski definition) is 2. The number of anilines is 1. The number of ether oxygens (including phenoxy) is 1. The van der Waals surface area contributed by atoms with Crippen LogP contribution in [0.5, 0.6) is 5.75 Å². The first-order valence-electron chi connectivity index (χ1n) is 11.7. The maximum Gasteiger partial charge on any atom is 0.407 e. The second-order valence-corrected chi connectivity index (χ2v) is 11.1. The standard InChI is InChI=1S/C26H26N4O7S/c1-15-5-7-16(8-6-15)38(34,35)37-20-10-9-19(27-11-12-28-25(33)36-26(2,3)4)21-22(20)24(32)18-14-30-29-13-17(18)23(21)31/h5-10,13-14,27H,11-12H2,1-4H3,(H,28,33). The maximum atomic E-state index is 13.4. The Bertz CT molecular complexity index is 1530. The number of hydrogen-bond acceptors (Lipinski definition) is 10. The van der Waals surface area contributed by atoms with Gasteiger partial charge in [0, 0.05) is 18.8 Å². The number of aryl methyl sites for hydroxylation is 1. The third kappa shape index (κ3) is 5.65. The van der Waals surface area contributed by atoms with Crippen molar-refractivity contribution in [3.05, 3.63) is 76.6 Å². The summed E-state index contributed by atoms with van der Waals surface area (Å²) >= 11 is 0. The first-order chi connectivity index (χ1) is 17.9. The first kappa shape index (κ1) is 26.7. The fourth-order valence-corrected chi connectivity index (χ4v) is 4.70. The Morgan fingerprint density at radius 1 is 0.895 bits per heavy atom. The van der Waals surface area contributed by atoms with Crippen LogP contribution in [0.2, 0.25) is 0 Å². The molecule has 1 heterocycles. The molecule has 0 fully saturated rings. The van der Waals surface area contributed by atoms with Crippen LogP contribution in [0.4, 0.5) is 10.5 Å². The van der Waals surface area contributed by atoms with E-state index in [0.717, 1.165) is 11.8 Å². The molecule has 0 unspecified atom stereocenters. The summed E-state index contributed by atoms with van der Waals surface area (Å²) < 4.78 is 36.5. The van der Waals surface area contributed by atoms with Gasteiger partial charge in [0.1, 0.15) is 10.5 Å². The third-order valence-corrected chi connectivity index (χ3v) is 6.71. The van der Waals surface area contributed by atoms with Crippen LogP contribution in [0, 0.1) is 6.92 Å². The average Bonchev–Trinajstić information content (AvgIpc) is 2.84. The molecular weight excluding hydrogens is 512 g/mol. The first-order valence-corrected chi connectivity index (χ1v) is 13.1. The Balaban J connectivity index is 1.66. The van der Waals surface area contributed by atoms with Gasteiger partial charge in [0.25, 0.3) is 0 Å². The lowest BCUT2D eigenvalue weighted by Crippen LogP contribution is -2.35. The molecule has 0 saturated heterocycles. The highest BCUT2D eigenvalue weighted by molar-refractivity contribution is 7.87. The molecule has 11 nitrogen and oxygen atoms in total. The number of nitrogens with one attached hydrogen (secondary N) is 2. The summed E-state index contributed by atoms with van der Waals surface area (Å²) in [4.78, 5) is 38.7. The van der Waals surface area contributed by atoms with E-state index < -0.39 is 33.4 Å². The highest BCUT2D eigenvalue weighted by Crippen LogP contribution is 2.38. The van der Waals surface area contributed by atoms with E-state index in [2.05, 4.69) is 20.8 Å². The number of aromatic nitrogens is 2. The van der Waals surface area contributed by atoms with Crippen LogP contribution in [0.25, 0.3) is 0 Å². The molecule has 1 aliphatic carbocycles. The van der Waals surface area contributed by atoms with Crippen LogP contribution in [0.15, 0.2) is 53.7 Å². The number of ketones is 2. The third-order valence-electron chi connectivity index (χ3n) is 5.46. The van der Waals surface area contributed by atoms with E-state index in [1.165, 1.54) is 30.5 Å². The van der Waals surface area contributed by atoms with Gasteiger partial charge in [-0.25, -0.2) is 4.79 Å². The summed E-state index contributed by atoms with van der Waals surface area (Å²) in [7, 11) is -4.31. The zero-order valence-electron chi connectivity index (χ0n) is 21.2. The van der Waals surface area contributed by atoms with Gasteiger partial charge in [-0.1, -0.05) is 17.7 Å². The minimum Gasteiger partial charge on any atom is -0.444 e. The van der Waals surface area contributed by atoms with Crippen molar-refractivity contribution in [2.24, 2.45) is 0 Å². The topological polar surface area (TPSA) is 154 Å². The van der Waals surface area contributed by atoms with E-state index >= 15 is 0 Å². The molecule has 38 heavy (non-hydrogen) atoms. The predicted octanol–water partition coefficient (Wildman–Crippen LogP) is 3.26. The summed E-state index contributed by atoms with van der Waals surface area (Å²) in [6, 6.07) is 8.77. The van der Waals surface area contributed by atoms with Gasteiger partial charge in [0.05, 0.1) is 34.6 Å². The van der Waals surface area contributed by atoms with Gasteiger partial charge in [-0.2, -0.15) is 18.6 Å². The average molecular weight is 539 g/mol. The van der Waals surface area contributed by atoms with Crippen molar-refractivity contribution in [1.82, 2.24) is 15.5 Å². The second kappa shape index (κ2) is 10.2. The van der Waals surface area contributed by atoms with Gasteiger partial charge in [0.15, 0.2) is 17.3 Å². The molecule has 2 N–H and O–H groups in total. The molecule has 1 amide bonds. The number of amides is 1. The number of carbonyl (C=O) groups excluding carboxylic acids is 3. The Morgan fingerprint density at radius 2 is 1.50 bits per heavy atom. The molecule has 12 heteroatoms. The molecule has 0 saturated carbocycles. The van der Waals surface area contributed by atoms with Gasteiger partial charge < -0.3 is 19.6 Å². The highest BCUT2D eigenvalue weighted by atomic mass is 32.2. The molecule has 0 radical (unpaired) electrons. The summed E-state index contributed by atoms with van der Waals surface area (Å²) in [5.41, 5.74) is 0.197. The molecule has 198 valence electrons. The predicted molar refractivity (Wildman–Crippen MR) is 137 cm³/mol. The summed E-state index contributed by atoms with van der Waals surface area (Å²) in [5, 5.41) is 13.0. The van der Waals surface area contributed by atoms with Gasteiger partial charge in [-0.3, -0.25) is 9.59 Å². The molecule has 0 bridgehead atoms. The Kier molecular flexibility index (Phi) is 7.18. The number of benzene rings is 2. The smallest absolute Gasteiger partial charge is 0.407 e. The largest absolute Gasteiger partial charge is 0.444 e. The number of nitrogens with zero attached hydrogens (tertiary/aromatic N) is 2. The summed E-state index contributed by atoms with van der Waals surface area (Å²) in [6.07, 6.45) is 1.73. The quantitative estimate of drug-likeness (QED) is 0.265. The van der Waals surface area contributed by atoms with Gasteiger partial charge in [-0.05, 0) is 52.0 Å². The molecule has 2 aromatic carbocycles. The van der Waals surface area contributed by atoms with E-state index in [0.29, 0.717) is 0 Å². The molecule has 4 rings (SSSR count). The van der Waals surface area contributed by atoms with Crippen molar-refractivity contribution >= 4 is 33.5 Å². The van der Waals surface area contributed by atoms with Crippen LogP contribution in [-0.4, -0.2) is 55.0 Å². The molecule has 1 aromatic heterocycles. The van der Waals surface area contributed by atoms with Gasteiger partial charge >= 0.3 is 16.2 Å². The van der Waals surface area contributed by atoms with E-state index in [1.54, 1.807) is 32.9 Å². The normalized spacial score (nSPS) is 12.8. The lowest BCUT2D eigenvalue weighted by atomic mass is 9.84. The van der Waals surface area contributed by atoms with Crippen molar-refractivity contribution in [2.45, 2.75) is 38.2 Å². The van der Waals surface area contributed by atoms with E-state index in [-0.39, 0.29) is 51.7 Å². The zero-order valence-corrected chi connectivity index (χ0v) is 22.0. The molecule has 0 spiro atoms. The fraction of sp³-hybridized carbons (Fsp3) is 0.269. The molecular formula is C26H26N4O7S. The Morgan fingerprint density at radius 3 is 2.11 bits per heavy atom. The van der Waals surface area contributed by atoms with E-state index in [1.807, 2.05) is 6.92 Å². The summed E-state index contributed by atoms with van der Waals surface area (Å²) in [5.74, 6) is -1.47. The Hall–Kier alpha value is -4.32. The van der Waals surface area contributed by atoms with Crippen molar-refractivity contribution in [2.75, 3.05) is 18.4 Å². The maximum absolute atomic E-state index is 13.4. The minimum atomic E-state index is -4.31. The van der Waals surface area contributed by atoms with Gasteiger partial charge in [0.2, 0.25) is 0 Å². The van der Waals surface area contributed by atoms with Crippen molar-refractivity contribution in [3.8, 4) is 5.75 Å². The minimum absolute atomic E-state index is 0.0150. The summed E-state index contributed by atoms with van der Waals surface area (Å²) in [6.45, 7) is 7.36. The number of fused-ring (bicyclic) bond motifs is 2. The second-order valence-electron chi connectivity index (χ2n) is 9.54. The van der Waals surface area contributed by atoms with Crippen molar-refractivity contribution in [3.63, 3.8) is 0 Å². The highest BCUT2D eigenvalue weighted by Gasteiger charge is 2.36. The van der Waals surface area contributed by atoms with Crippen LogP contribution < -0.4 is 14.8 Å². The zero-order chi connectivity index (χ0) is 27.7. The van der Waals surface area contributed by atoms with E-state index in [9.17, 15) is 22.8 Å². The number of carbonyl (C=O) groups is 3. The van der Waals surface area contributed by atoms with Crippen LogP contribution >= 0.6 is 0 Å². The molecule has 0 atom stereocenters. The Labute approximate surface area is 219 Å². The SMILES string of the molecule is Cc1ccc(S(=O)(=O)Oc2ccc(NCCNC(=O)OC(C)(C)C)c3c2C(=O)c2cnncc2C3=O)cc1. The lowest BCUT2D eigenvalue weighted by Gasteiger charge is -2.23. The van der Waals surface area contributed by atoms with Crippen LogP contribution in [0.1, 0.15) is 58.2 Å². The molecule has 0 aliphatic heterocycles. The molecule has 1 aliphatic rings. The van der Waals surface area contributed by atoms with Gasteiger partial charge in [-0.15, -0.1) is 0 Å². The van der Waals surface area contributed by atoms with E-state index in [4.69, 9.17) is 8.92 Å². The fourth-order valence-electron chi connectivity index (χ4n) is 3.76. The van der Waals surface area contributed by atoms with Crippen molar-refractivity contribution in [1.29, 1.82) is 0 Å². The number of alkyl carbamates (subject to hydrolysis) is 1. The van der Waals surface area contributed by atoms with Crippen LogP contribution in [-0.2, 0) is 14.9 Å². The monoisotopic (exact) mass is 538 g/mol. The van der Waals surface area contributed by atoms with Crippen molar-refractivity contribution < 1.29 is 31.7 Å². The molecule has 3 aromatic rings. The van der Waals surface area contributed by atoms with Crippen LogP contribution in [0.3, 0.4) is 0 Å². The lowest BCUT2D eigenvalue weighted by molar-refractivity contribution is 0.0529.